The fourth-order valence-corrected chi connectivity index (χ4v) is 4.13. The van der Waals surface area contributed by atoms with Crippen molar-refractivity contribution in [1.82, 2.24) is 9.80 Å². The minimum absolute atomic E-state index is 0.000936. The molecule has 2 aliphatic heterocycles. The number of hydrogen-bond donors (Lipinski definition) is 1. The third-order valence-corrected chi connectivity index (χ3v) is 5.93. The van der Waals surface area contributed by atoms with Crippen LogP contribution in [0.2, 0.25) is 0 Å². The Kier molecular flexibility index (Phi) is 5.18. The molecule has 9 heteroatoms. The number of hydrogen-bond acceptors (Lipinski definition) is 6. The zero-order valence-corrected chi connectivity index (χ0v) is 17.9. The van der Waals surface area contributed by atoms with Gasteiger partial charge in [0.25, 0.3) is 17.7 Å². The molecule has 1 unspecified atom stereocenters. The second-order valence-corrected chi connectivity index (χ2v) is 7.90. The molecule has 5 rings (SSSR count). The first-order valence-corrected chi connectivity index (χ1v) is 10.6. The second-order valence-electron chi connectivity index (χ2n) is 7.90. The van der Waals surface area contributed by atoms with Gasteiger partial charge in [0.05, 0.1) is 24.3 Å². The van der Waals surface area contributed by atoms with Gasteiger partial charge in [-0.3, -0.25) is 24.1 Å². The van der Waals surface area contributed by atoms with Crippen LogP contribution in [0.3, 0.4) is 0 Å². The van der Waals surface area contributed by atoms with E-state index in [9.17, 15) is 19.2 Å². The molecule has 0 bridgehead atoms. The van der Waals surface area contributed by atoms with Crippen LogP contribution in [0.1, 0.15) is 38.2 Å². The van der Waals surface area contributed by atoms with Gasteiger partial charge in [0.1, 0.15) is 17.3 Å². The zero-order chi connectivity index (χ0) is 23.1. The van der Waals surface area contributed by atoms with E-state index >= 15 is 0 Å². The summed E-state index contributed by atoms with van der Waals surface area (Å²) in [5.41, 5.74) is 1.19. The molecule has 168 valence electrons. The number of ether oxygens (including phenoxy) is 1. The van der Waals surface area contributed by atoms with Gasteiger partial charge in [0.2, 0.25) is 11.7 Å². The lowest BCUT2D eigenvalue weighted by atomic mass is 10.1. The normalized spacial score (nSPS) is 16.8. The minimum atomic E-state index is -1.10. The Balaban J connectivity index is 1.45. The van der Waals surface area contributed by atoms with Crippen molar-refractivity contribution >= 4 is 40.3 Å². The van der Waals surface area contributed by atoms with Crippen LogP contribution < -0.4 is 5.32 Å². The maximum atomic E-state index is 13.2. The van der Waals surface area contributed by atoms with Gasteiger partial charge in [-0.15, -0.1) is 0 Å². The summed E-state index contributed by atoms with van der Waals surface area (Å²) in [4.78, 5) is 54.5. The van der Waals surface area contributed by atoms with Crippen molar-refractivity contribution in [3.63, 3.8) is 0 Å². The Morgan fingerprint density at radius 3 is 2.21 bits per heavy atom. The van der Waals surface area contributed by atoms with Crippen LogP contribution in [-0.4, -0.2) is 65.8 Å². The SMILES string of the molecule is CC(C(=O)Nc1c(C(=O)N2CCOCC2)oc2ccccc12)N1C(=O)c2ccccc2C1=O. The summed E-state index contributed by atoms with van der Waals surface area (Å²) in [6, 6.07) is 12.3. The number of furan rings is 1. The highest BCUT2D eigenvalue weighted by molar-refractivity contribution is 6.23. The standard InChI is InChI=1S/C24H21N3O6/c1-14(27-22(29)15-6-2-3-7-16(15)23(27)30)21(28)25-19-17-8-4-5-9-18(17)33-20(19)24(31)26-10-12-32-13-11-26/h2-9,14H,10-13H2,1H3,(H,25,28). The van der Waals surface area contributed by atoms with Crippen molar-refractivity contribution in [3.8, 4) is 0 Å². The number of anilines is 1. The third kappa shape index (κ3) is 3.46. The minimum Gasteiger partial charge on any atom is -0.449 e. The first-order valence-electron chi connectivity index (χ1n) is 10.6. The van der Waals surface area contributed by atoms with Crippen molar-refractivity contribution in [2.75, 3.05) is 31.6 Å². The smallest absolute Gasteiger partial charge is 0.291 e. The molecule has 33 heavy (non-hydrogen) atoms. The molecular formula is C24H21N3O6. The van der Waals surface area contributed by atoms with Crippen molar-refractivity contribution in [1.29, 1.82) is 0 Å². The molecule has 3 heterocycles. The largest absolute Gasteiger partial charge is 0.449 e. The van der Waals surface area contributed by atoms with E-state index in [1.165, 1.54) is 6.92 Å². The summed E-state index contributed by atoms with van der Waals surface area (Å²) in [5, 5.41) is 3.29. The van der Waals surface area contributed by atoms with Gasteiger partial charge in [0, 0.05) is 18.5 Å². The van der Waals surface area contributed by atoms with Crippen LogP contribution in [0, 0.1) is 0 Å². The molecule has 0 aliphatic carbocycles. The van der Waals surface area contributed by atoms with E-state index < -0.39 is 23.8 Å². The Bertz CT molecular complexity index is 1260. The second kappa shape index (κ2) is 8.18. The number of rotatable bonds is 4. The fraction of sp³-hybridized carbons (Fsp3) is 0.250. The van der Waals surface area contributed by atoms with E-state index in [2.05, 4.69) is 5.32 Å². The van der Waals surface area contributed by atoms with Gasteiger partial charge in [0.15, 0.2) is 0 Å². The predicted molar refractivity (Wildman–Crippen MR) is 118 cm³/mol. The molecule has 1 aromatic heterocycles. The van der Waals surface area contributed by atoms with Gasteiger partial charge >= 0.3 is 0 Å². The lowest BCUT2D eigenvalue weighted by Gasteiger charge is -2.26. The number of nitrogens with one attached hydrogen (secondary N) is 1. The molecule has 1 N–H and O–H groups in total. The third-order valence-electron chi connectivity index (χ3n) is 5.93. The lowest BCUT2D eigenvalue weighted by molar-refractivity contribution is -0.119. The van der Waals surface area contributed by atoms with Gasteiger partial charge in [-0.05, 0) is 31.2 Å². The first-order chi connectivity index (χ1) is 16.0. The van der Waals surface area contributed by atoms with Crippen LogP contribution in [0.25, 0.3) is 11.0 Å². The van der Waals surface area contributed by atoms with E-state index in [1.54, 1.807) is 53.4 Å². The molecule has 0 spiro atoms. The predicted octanol–water partition coefficient (Wildman–Crippen LogP) is 2.53. The maximum Gasteiger partial charge on any atom is 0.291 e. The number of imide groups is 1. The van der Waals surface area contributed by atoms with Crippen molar-refractivity contribution < 1.29 is 28.3 Å². The first kappa shape index (κ1) is 20.9. The van der Waals surface area contributed by atoms with Gasteiger partial charge in [-0.25, -0.2) is 0 Å². The highest BCUT2D eigenvalue weighted by atomic mass is 16.5. The van der Waals surface area contributed by atoms with E-state index in [0.29, 0.717) is 37.3 Å². The Morgan fingerprint density at radius 2 is 1.55 bits per heavy atom. The number of fused-ring (bicyclic) bond motifs is 2. The molecule has 2 aliphatic rings. The molecule has 1 fully saturated rings. The molecule has 2 aromatic carbocycles. The van der Waals surface area contributed by atoms with Gasteiger partial charge < -0.3 is 19.4 Å². The van der Waals surface area contributed by atoms with Crippen molar-refractivity contribution in [2.24, 2.45) is 0 Å². The van der Waals surface area contributed by atoms with Gasteiger partial charge in [-0.2, -0.15) is 0 Å². The van der Waals surface area contributed by atoms with E-state index in [4.69, 9.17) is 9.15 Å². The monoisotopic (exact) mass is 447 g/mol. The average molecular weight is 447 g/mol. The number of nitrogens with zero attached hydrogens (tertiary/aromatic N) is 2. The van der Waals surface area contributed by atoms with Crippen LogP contribution >= 0.6 is 0 Å². The molecule has 1 atom stereocenters. The van der Waals surface area contributed by atoms with E-state index in [0.717, 1.165) is 4.90 Å². The van der Waals surface area contributed by atoms with Crippen molar-refractivity contribution in [2.45, 2.75) is 13.0 Å². The molecule has 9 nitrogen and oxygen atoms in total. The maximum absolute atomic E-state index is 13.2. The topological polar surface area (TPSA) is 109 Å². The number of carbonyl (C=O) groups is 4. The molecule has 4 amide bonds. The Morgan fingerprint density at radius 1 is 0.939 bits per heavy atom. The summed E-state index contributed by atoms with van der Waals surface area (Å²) >= 11 is 0. The molecular weight excluding hydrogens is 426 g/mol. The molecule has 3 aromatic rings. The number of amides is 4. The molecule has 0 radical (unpaired) electrons. The van der Waals surface area contributed by atoms with Crippen LogP contribution in [0.15, 0.2) is 52.9 Å². The summed E-state index contributed by atoms with van der Waals surface area (Å²) in [7, 11) is 0. The lowest BCUT2D eigenvalue weighted by Crippen LogP contribution is -2.45. The highest BCUT2D eigenvalue weighted by Gasteiger charge is 2.41. The summed E-state index contributed by atoms with van der Waals surface area (Å²) in [6.07, 6.45) is 0. The quantitative estimate of drug-likeness (QED) is 0.616. The Hall–Kier alpha value is -3.98. The summed E-state index contributed by atoms with van der Waals surface area (Å²) in [6.45, 7) is 3.14. The number of morpholine rings is 1. The van der Waals surface area contributed by atoms with Crippen LogP contribution in [-0.2, 0) is 9.53 Å². The van der Waals surface area contributed by atoms with E-state index in [1.807, 2.05) is 0 Å². The average Bonchev–Trinajstić information content (AvgIpc) is 3.34. The highest BCUT2D eigenvalue weighted by Crippen LogP contribution is 2.33. The summed E-state index contributed by atoms with van der Waals surface area (Å²) < 4.78 is 11.1. The number of carbonyl (C=O) groups excluding carboxylic acids is 4. The Labute approximate surface area is 188 Å². The zero-order valence-electron chi connectivity index (χ0n) is 17.9. The number of benzene rings is 2. The van der Waals surface area contributed by atoms with Crippen LogP contribution in [0.5, 0.6) is 0 Å². The molecule has 0 saturated carbocycles. The van der Waals surface area contributed by atoms with E-state index in [-0.39, 0.29) is 28.5 Å². The summed E-state index contributed by atoms with van der Waals surface area (Å²) in [5.74, 6) is -2.02. The van der Waals surface area contributed by atoms with Crippen LogP contribution in [0.4, 0.5) is 5.69 Å². The fourth-order valence-electron chi connectivity index (χ4n) is 4.13. The van der Waals surface area contributed by atoms with Crippen molar-refractivity contribution in [3.05, 3.63) is 65.4 Å². The van der Waals surface area contributed by atoms with Gasteiger partial charge in [-0.1, -0.05) is 24.3 Å². The molecule has 1 saturated heterocycles. The number of para-hydroxylation sites is 1.